The van der Waals surface area contributed by atoms with Gasteiger partial charge in [0.15, 0.2) is 5.65 Å². The molecule has 3 aromatic heterocycles. The van der Waals surface area contributed by atoms with Crippen molar-refractivity contribution in [1.82, 2.24) is 25.1 Å². The fraction of sp³-hybridized carbons (Fsp3) is 0.524. The molecule has 0 aliphatic heterocycles. The number of carbonyl (C=O) groups is 1. The predicted molar refractivity (Wildman–Crippen MR) is 116 cm³/mol. The summed E-state index contributed by atoms with van der Waals surface area (Å²) in [6.07, 6.45) is 4.08. The number of thiazole rings is 1. The molecule has 1 amide bonds. The Morgan fingerprint density at radius 3 is 2.69 bits per heavy atom. The molecular formula is C21H29N5O2S. The zero-order valence-corrected chi connectivity index (χ0v) is 18.7. The molecule has 3 rings (SSSR count). The Morgan fingerprint density at radius 2 is 2.00 bits per heavy atom. The van der Waals surface area contributed by atoms with E-state index in [9.17, 15) is 4.79 Å². The van der Waals surface area contributed by atoms with Crippen molar-refractivity contribution in [3.63, 3.8) is 0 Å². The first kappa shape index (κ1) is 21.2. The van der Waals surface area contributed by atoms with Gasteiger partial charge in [-0.2, -0.15) is 0 Å². The third-order valence-corrected chi connectivity index (χ3v) is 6.15. The number of hydrogen-bond donors (Lipinski definition) is 1. The fourth-order valence-corrected chi connectivity index (χ4v) is 4.40. The van der Waals surface area contributed by atoms with Gasteiger partial charge in [-0.25, -0.2) is 14.6 Å². The summed E-state index contributed by atoms with van der Waals surface area (Å²) in [4.78, 5) is 21.4. The van der Waals surface area contributed by atoms with Crippen LogP contribution in [0.4, 0.5) is 0 Å². The largest absolute Gasteiger partial charge is 0.479 e. The highest BCUT2D eigenvalue weighted by Crippen LogP contribution is 2.30. The van der Waals surface area contributed by atoms with Crippen LogP contribution in [0.15, 0.2) is 5.38 Å². The molecule has 0 saturated heterocycles. The van der Waals surface area contributed by atoms with Crippen LogP contribution >= 0.6 is 11.3 Å². The van der Waals surface area contributed by atoms with E-state index in [0.29, 0.717) is 25.3 Å². The number of ether oxygens (including phenoxy) is 1. The van der Waals surface area contributed by atoms with E-state index < -0.39 is 0 Å². The Kier molecular flexibility index (Phi) is 6.84. The van der Waals surface area contributed by atoms with Crippen molar-refractivity contribution < 1.29 is 9.53 Å². The van der Waals surface area contributed by atoms with Gasteiger partial charge in [-0.1, -0.05) is 0 Å². The highest BCUT2D eigenvalue weighted by molar-refractivity contribution is 7.09. The quantitative estimate of drug-likeness (QED) is 0.542. The third kappa shape index (κ3) is 4.93. The standard InChI is InChI=1S/C21H29N5O2S/c1-13-12-29-18(23-13)8-6-7-11-22-17(27)10-9-16-14(2)19-20(24-15(16)3)26(4)25-21(19)28-5/h12H,6-11H2,1-5H3,(H,22,27). The van der Waals surface area contributed by atoms with Crippen molar-refractivity contribution >= 4 is 28.3 Å². The number of pyridine rings is 1. The number of amides is 1. The van der Waals surface area contributed by atoms with E-state index in [4.69, 9.17) is 4.74 Å². The van der Waals surface area contributed by atoms with Gasteiger partial charge in [0.05, 0.1) is 17.5 Å². The number of methoxy groups -OCH3 is 1. The SMILES string of the molecule is COc1nn(C)c2nc(C)c(CCC(=O)NCCCCc3nc(C)cs3)c(C)c12. The number of aryl methyl sites for hydroxylation is 5. The molecule has 0 spiro atoms. The molecule has 0 bridgehead atoms. The number of nitrogens with one attached hydrogen (secondary N) is 1. The molecule has 0 unspecified atom stereocenters. The fourth-order valence-electron chi connectivity index (χ4n) is 3.58. The molecule has 0 atom stereocenters. The lowest BCUT2D eigenvalue weighted by Crippen LogP contribution is -2.25. The average molecular weight is 416 g/mol. The van der Waals surface area contributed by atoms with Crippen molar-refractivity contribution in [3.05, 3.63) is 32.9 Å². The summed E-state index contributed by atoms with van der Waals surface area (Å²) in [6.45, 7) is 6.75. The van der Waals surface area contributed by atoms with E-state index in [1.807, 2.05) is 20.9 Å². The Morgan fingerprint density at radius 1 is 1.21 bits per heavy atom. The van der Waals surface area contributed by atoms with Gasteiger partial charge in [-0.3, -0.25) is 4.79 Å². The number of fused-ring (bicyclic) bond motifs is 1. The highest BCUT2D eigenvalue weighted by Gasteiger charge is 2.18. The van der Waals surface area contributed by atoms with Crippen molar-refractivity contribution in [2.24, 2.45) is 7.05 Å². The average Bonchev–Trinajstić information content (AvgIpc) is 3.24. The third-order valence-electron chi connectivity index (χ3n) is 5.12. The normalized spacial score (nSPS) is 11.2. The van der Waals surface area contributed by atoms with Gasteiger partial charge in [-0.15, -0.1) is 16.4 Å². The van der Waals surface area contributed by atoms with Crippen molar-refractivity contribution in [3.8, 4) is 5.88 Å². The molecule has 29 heavy (non-hydrogen) atoms. The minimum absolute atomic E-state index is 0.0761. The Hall–Kier alpha value is -2.48. The summed E-state index contributed by atoms with van der Waals surface area (Å²) >= 11 is 1.71. The minimum Gasteiger partial charge on any atom is -0.479 e. The second kappa shape index (κ2) is 9.35. The monoisotopic (exact) mass is 415 g/mol. The topological polar surface area (TPSA) is 81.9 Å². The first-order valence-electron chi connectivity index (χ1n) is 9.95. The molecule has 3 heterocycles. The molecule has 8 heteroatoms. The second-order valence-electron chi connectivity index (χ2n) is 7.32. The Labute approximate surface area is 175 Å². The van der Waals surface area contributed by atoms with Gasteiger partial charge in [0, 0.05) is 36.8 Å². The van der Waals surface area contributed by atoms with Gasteiger partial charge in [0.1, 0.15) is 0 Å². The van der Waals surface area contributed by atoms with Crippen LogP contribution < -0.4 is 10.1 Å². The molecule has 0 fully saturated rings. The van der Waals surface area contributed by atoms with E-state index in [-0.39, 0.29) is 5.91 Å². The van der Waals surface area contributed by atoms with Gasteiger partial charge in [-0.05, 0) is 57.6 Å². The van der Waals surface area contributed by atoms with Crippen LogP contribution in [-0.2, 0) is 24.7 Å². The zero-order valence-electron chi connectivity index (χ0n) is 17.8. The number of unbranched alkanes of at least 4 members (excludes halogenated alkanes) is 1. The molecule has 1 N–H and O–H groups in total. The molecule has 7 nitrogen and oxygen atoms in total. The summed E-state index contributed by atoms with van der Waals surface area (Å²) in [5.74, 6) is 0.653. The second-order valence-corrected chi connectivity index (χ2v) is 8.26. The van der Waals surface area contributed by atoms with Gasteiger partial charge in [0.2, 0.25) is 11.8 Å². The summed E-state index contributed by atoms with van der Waals surface area (Å²) in [6, 6.07) is 0. The van der Waals surface area contributed by atoms with Crippen LogP contribution in [0.1, 0.15) is 46.8 Å². The molecular weight excluding hydrogens is 386 g/mol. The maximum Gasteiger partial charge on any atom is 0.242 e. The summed E-state index contributed by atoms with van der Waals surface area (Å²) < 4.78 is 7.14. The maximum atomic E-state index is 12.3. The maximum absolute atomic E-state index is 12.3. The minimum atomic E-state index is 0.0761. The first-order chi connectivity index (χ1) is 13.9. The van der Waals surface area contributed by atoms with Crippen LogP contribution in [-0.4, -0.2) is 39.3 Å². The number of aromatic nitrogens is 4. The Bertz CT molecular complexity index is 1010. The molecule has 0 aliphatic carbocycles. The number of hydrogen-bond acceptors (Lipinski definition) is 6. The summed E-state index contributed by atoms with van der Waals surface area (Å²) in [7, 11) is 3.48. The molecule has 0 aliphatic rings. The van der Waals surface area contributed by atoms with Crippen molar-refractivity contribution in [2.75, 3.05) is 13.7 Å². The highest BCUT2D eigenvalue weighted by atomic mass is 32.1. The van der Waals surface area contributed by atoms with Crippen LogP contribution in [0, 0.1) is 20.8 Å². The first-order valence-corrected chi connectivity index (χ1v) is 10.8. The Balaban J connectivity index is 1.51. The van der Waals surface area contributed by atoms with E-state index in [1.165, 1.54) is 5.01 Å². The lowest BCUT2D eigenvalue weighted by Gasteiger charge is -2.11. The predicted octanol–water partition coefficient (Wildman–Crippen LogP) is 3.43. The molecule has 0 saturated carbocycles. The lowest BCUT2D eigenvalue weighted by molar-refractivity contribution is -0.121. The van der Waals surface area contributed by atoms with Gasteiger partial charge >= 0.3 is 0 Å². The summed E-state index contributed by atoms with van der Waals surface area (Å²) in [5, 5.41) is 11.6. The number of nitrogens with zero attached hydrogens (tertiary/aromatic N) is 4. The lowest BCUT2D eigenvalue weighted by atomic mass is 10.00. The van der Waals surface area contributed by atoms with Gasteiger partial charge < -0.3 is 10.1 Å². The molecule has 0 aromatic carbocycles. The van der Waals surface area contributed by atoms with E-state index in [2.05, 4.69) is 32.7 Å². The number of rotatable bonds is 9. The van der Waals surface area contributed by atoms with E-state index >= 15 is 0 Å². The van der Waals surface area contributed by atoms with E-state index in [1.54, 1.807) is 23.1 Å². The van der Waals surface area contributed by atoms with Crippen molar-refractivity contribution in [2.45, 2.75) is 52.9 Å². The molecule has 0 radical (unpaired) electrons. The van der Waals surface area contributed by atoms with Crippen LogP contribution in [0.5, 0.6) is 5.88 Å². The van der Waals surface area contributed by atoms with Crippen molar-refractivity contribution in [1.29, 1.82) is 0 Å². The smallest absolute Gasteiger partial charge is 0.242 e. The summed E-state index contributed by atoms with van der Waals surface area (Å²) in [5.41, 5.74) is 5.01. The van der Waals surface area contributed by atoms with Gasteiger partial charge in [0.25, 0.3) is 0 Å². The number of carbonyl (C=O) groups excluding carboxylic acids is 1. The van der Waals surface area contributed by atoms with Crippen LogP contribution in [0.25, 0.3) is 11.0 Å². The molecule has 3 aromatic rings. The zero-order chi connectivity index (χ0) is 21.0. The van der Waals surface area contributed by atoms with Crippen LogP contribution in [0.2, 0.25) is 0 Å². The van der Waals surface area contributed by atoms with E-state index in [0.717, 1.165) is 52.8 Å². The molecule has 156 valence electrons. The van der Waals surface area contributed by atoms with Crippen LogP contribution in [0.3, 0.4) is 0 Å².